The maximum Gasteiger partial charge on any atom is 0.435 e. The number of nitrogens with zero attached hydrogens (tertiary/aromatic N) is 3. The number of carboxylic acids is 1. The summed E-state index contributed by atoms with van der Waals surface area (Å²) in [5.41, 5.74) is 2.56. The molecule has 11 heteroatoms. The highest BCUT2D eigenvalue weighted by molar-refractivity contribution is 8.32. The summed E-state index contributed by atoms with van der Waals surface area (Å²) >= 11 is 0. The number of hydrogen-bond donors (Lipinski definition) is 2. The van der Waals surface area contributed by atoms with E-state index in [0.717, 1.165) is 69.1 Å². The molecule has 2 aliphatic rings. The van der Waals surface area contributed by atoms with E-state index in [0.29, 0.717) is 17.5 Å². The summed E-state index contributed by atoms with van der Waals surface area (Å²) in [6, 6.07) is 44.6. The predicted octanol–water partition coefficient (Wildman–Crippen LogP) is 13.4. The molecule has 64 heavy (non-hydrogen) atoms. The van der Waals surface area contributed by atoms with Crippen molar-refractivity contribution >= 4 is 33.3 Å². The highest BCUT2D eigenvalue weighted by Crippen LogP contribution is 2.69. The van der Waals surface area contributed by atoms with Gasteiger partial charge in [-0.1, -0.05) is 159 Å². The molecule has 2 N–H and O–H groups in total. The summed E-state index contributed by atoms with van der Waals surface area (Å²) < 4.78 is 55.1. The van der Waals surface area contributed by atoms with E-state index < -0.39 is 45.7 Å². The van der Waals surface area contributed by atoms with Crippen LogP contribution in [0.2, 0.25) is 0 Å². The number of alkyl halides is 3. The minimum Gasteiger partial charge on any atom is -0.480 e. The highest BCUT2D eigenvalue weighted by Gasteiger charge is 2.60. The highest BCUT2D eigenvalue weighted by atomic mass is 32.3. The normalized spacial score (nSPS) is 19.0. The Morgan fingerprint density at radius 2 is 1.41 bits per heavy atom. The number of rotatable bonds is 17. The fraction of sp³-hybridized carbons (Fsp3) is 0.264. The lowest BCUT2D eigenvalue weighted by Crippen LogP contribution is -2.41. The van der Waals surface area contributed by atoms with Crippen molar-refractivity contribution < 1.29 is 27.8 Å². The van der Waals surface area contributed by atoms with Gasteiger partial charge in [0.25, 0.3) is 0 Å². The molecule has 0 saturated carbocycles. The van der Waals surface area contributed by atoms with Crippen LogP contribution in [-0.2, 0) is 21.3 Å². The quantitative estimate of drug-likeness (QED) is 0.0699. The first kappa shape index (κ1) is 43.3. The van der Waals surface area contributed by atoms with Gasteiger partial charge >= 0.3 is 12.1 Å². The second-order valence-electron chi connectivity index (χ2n) is 16.6. The fourth-order valence-electron chi connectivity index (χ4n) is 9.58. The van der Waals surface area contributed by atoms with Crippen molar-refractivity contribution in [2.45, 2.75) is 103 Å². The van der Waals surface area contributed by atoms with Gasteiger partial charge in [-0.25, -0.2) is 4.98 Å². The van der Waals surface area contributed by atoms with Gasteiger partial charge in [0.1, 0.15) is 11.6 Å². The van der Waals surface area contributed by atoms with Crippen LogP contribution < -0.4 is 5.32 Å². The van der Waals surface area contributed by atoms with Crippen molar-refractivity contribution in [2.75, 3.05) is 0 Å². The molecule has 2 aromatic heterocycles. The average Bonchev–Trinajstić information content (AvgIpc) is 3.62. The molecule has 328 valence electrons. The average molecular weight is 881 g/mol. The van der Waals surface area contributed by atoms with Crippen LogP contribution in [0.15, 0.2) is 172 Å². The van der Waals surface area contributed by atoms with Crippen LogP contribution in [0.3, 0.4) is 0 Å². The molecule has 7 aromatic rings. The number of aliphatic carboxylic acids is 1. The van der Waals surface area contributed by atoms with Gasteiger partial charge in [0, 0.05) is 20.9 Å². The monoisotopic (exact) mass is 880 g/mol. The molecule has 0 radical (unpaired) electrons. The zero-order valence-corrected chi connectivity index (χ0v) is 36.7. The smallest absolute Gasteiger partial charge is 0.435 e. The van der Waals surface area contributed by atoms with Crippen LogP contribution in [0.25, 0.3) is 28.2 Å². The number of epoxide rings is 1. The van der Waals surface area contributed by atoms with E-state index in [4.69, 9.17) is 9.72 Å². The molecule has 9 rings (SSSR count). The van der Waals surface area contributed by atoms with Crippen LogP contribution in [0.1, 0.15) is 87.2 Å². The SMILES string of the molecule is CCCCCCCCC(NC1C(C2(c3cccc(-c4ccnc5c4c(C(F)(F)F)nn5S(c4ccccc4)(c4ccccc4)c4ccccc4)c3)OC2C)=Cc2ccccc21)C(=O)O. The lowest BCUT2D eigenvalue weighted by atomic mass is 9.83. The number of carboxylic acid groups (broad SMARTS) is 1. The topological polar surface area (TPSA) is 92.6 Å². The van der Waals surface area contributed by atoms with Crippen molar-refractivity contribution in [1.29, 1.82) is 0 Å². The van der Waals surface area contributed by atoms with Gasteiger partial charge in [0.15, 0.2) is 11.3 Å². The maximum absolute atomic E-state index is 15.7. The van der Waals surface area contributed by atoms with Crippen molar-refractivity contribution in [3.63, 3.8) is 0 Å². The number of halogens is 3. The van der Waals surface area contributed by atoms with E-state index in [1.54, 1.807) is 12.3 Å². The third-order valence-electron chi connectivity index (χ3n) is 12.7. The molecule has 1 aliphatic carbocycles. The Morgan fingerprint density at radius 1 is 0.812 bits per heavy atom. The van der Waals surface area contributed by atoms with Crippen LogP contribution in [-0.4, -0.2) is 37.4 Å². The molecule has 3 heterocycles. The Morgan fingerprint density at radius 3 is 2.00 bits per heavy atom. The fourth-order valence-corrected chi connectivity index (χ4v) is 13.2. The van der Waals surface area contributed by atoms with Gasteiger partial charge in [0.05, 0.1) is 17.5 Å². The van der Waals surface area contributed by atoms with Crippen molar-refractivity contribution in [1.82, 2.24) is 19.5 Å². The summed E-state index contributed by atoms with van der Waals surface area (Å²) in [5.74, 6) is -0.904. The number of hydrogen-bond acceptors (Lipinski definition) is 5. The van der Waals surface area contributed by atoms with E-state index >= 15 is 13.2 Å². The van der Waals surface area contributed by atoms with Gasteiger partial charge in [-0.05, 0) is 95.3 Å². The first-order valence-corrected chi connectivity index (χ1v) is 23.7. The molecule has 0 amide bonds. The van der Waals surface area contributed by atoms with Gasteiger partial charge in [-0.2, -0.15) is 22.4 Å². The lowest BCUT2D eigenvalue weighted by Gasteiger charge is -2.41. The molecule has 4 unspecified atom stereocenters. The van der Waals surface area contributed by atoms with Gasteiger partial charge in [0.2, 0.25) is 0 Å². The minimum absolute atomic E-state index is 0.100. The Bertz CT molecular complexity index is 2700. The molecule has 1 aliphatic heterocycles. The molecule has 1 fully saturated rings. The van der Waals surface area contributed by atoms with E-state index in [2.05, 4.69) is 23.4 Å². The largest absolute Gasteiger partial charge is 0.480 e. The van der Waals surface area contributed by atoms with Crippen molar-refractivity contribution in [3.05, 3.63) is 180 Å². The van der Waals surface area contributed by atoms with Crippen molar-refractivity contribution in [2.24, 2.45) is 0 Å². The zero-order chi connectivity index (χ0) is 44.5. The third kappa shape index (κ3) is 7.73. The van der Waals surface area contributed by atoms with E-state index in [1.807, 2.05) is 146 Å². The number of unbranched alkanes of at least 4 members (excludes halogenated alkanes) is 5. The number of nitrogens with one attached hydrogen (secondary N) is 1. The number of fused-ring (bicyclic) bond motifs is 2. The Labute approximate surface area is 373 Å². The zero-order valence-electron chi connectivity index (χ0n) is 35.8. The molecule has 0 spiro atoms. The maximum atomic E-state index is 15.7. The first-order chi connectivity index (χ1) is 31.1. The minimum atomic E-state index is -4.83. The Kier molecular flexibility index (Phi) is 12.1. The lowest BCUT2D eigenvalue weighted by molar-refractivity contribution is -0.140. The van der Waals surface area contributed by atoms with Crippen LogP contribution in [0.5, 0.6) is 0 Å². The standard InChI is InChI=1S/C53H51F3N4O3S/c1-3-4-5-6-7-17-31-46(51(61)62)58-48-44-30-19-18-21-38(44)35-45(48)52(36(2)63-52)39-23-20-22-37(34-39)43-32-33-57-50-47(43)49(53(54,55)56)59-60(50)64(40-24-11-8-12-25-40,41-26-13-9-14-27-41)42-28-15-10-16-29-42/h8-16,18-30,32-36,46,48,58H,3-7,17,31H2,1-2H3,(H,61,62). The molecular formula is C53H51F3N4O3S. The molecule has 1 saturated heterocycles. The number of carbonyl (C=O) groups is 1. The summed E-state index contributed by atoms with van der Waals surface area (Å²) in [6.45, 7) is 4.16. The van der Waals surface area contributed by atoms with E-state index in [9.17, 15) is 9.90 Å². The third-order valence-corrected chi connectivity index (χ3v) is 16.3. The summed E-state index contributed by atoms with van der Waals surface area (Å²) in [6.07, 6.45) is 5.30. The Hall–Kier alpha value is -6.01. The van der Waals surface area contributed by atoms with Crippen LogP contribution in [0.4, 0.5) is 13.2 Å². The van der Waals surface area contributed by atoms with Gasteiger partial charge < -0.3 is 9.84 Å². The molecule has 4 atom stereocenters. The molecule has 5 aromatic carbocycles. The van der Waals surface area contributed by atoms with Crippen molar-refractivity contribution in [3.8, 4) is 11.1 Å². The van der Waals surface area contributed by atoms with E-state index in [1.165, 1.54) is 10.5 Å². The van der Waals surface area contributed by atoms with Gasteiger partial charge in [-0.3, -0.25) is 10.1 Å². The number of ether oxygens (including phenoxy) is 1. The predicted molar refractivity (Wildman–Crippen MR) is 247 cm³/mol. The number of aromatic nitrogens is 3. The first-order valence-electron chi connectivity index (χ1n) is 22.1. The molecule has 7 nitrogen and oxygen atoms in total. The second-order valence-corrected chi connectivity index (χ2v) is 19.6. The summed E-state index contributed by atoms with van der Waals surface area (Å²) in [5, 5.41) is 18.5. The number of benzene rings is 5. The molecule has 0 bridgehead atoms. The van der Waals surface area contributed by atoms with Gasteiger partial charge in [-0.15, -0.1) is 0 Å². The van der Waals surface area contributed by atoms with Crippen LogP contribution >= 0.6 is 10.2 Å². The van der Waals surface area contributed by atoms with Crippen LogP contribution in [0, 0.1) is 0 Å². The summed E-state index contributed by atoms with van der Waals surface area (Å²) in [7, 11) is -2.71. The second kappa shape index (κ2) is 17.9. The van der Waals surface area contributed by atoms with E-state index in [-0.39, 0.29) is 17.1 Å². The summed E-state index contributed by atoms with van der Waals surface area (Å²) in [4.78, 5) is 19.9. The molecular weight excluding hydrogens is 830 g/mol. The number of pyridine rings is 1. The Balaban J connectivity index is 1.17.